The van der Waals surface area contributed by atoms with E-state index in [9.17, 15) is 9.50 Å². The summed E-state index contributed by atoms with van der Waals surface area (Å²) in [7, 11) is 0. The Morgan fingerprint density at radius 3 is 2.79 bits per heavy atom. The molecule has 196 valence electrons. The average Bonchev–Trinajstić information content (AvgIpc) is 3.62. The van der Waals surface area contributed by atoms with Crippen LogP contribution in [0.2, 0.25) is 0 Å². The summed E-state index contributed by atoms with van der Waals surface area (Å²) in [5, 5.41) is 18.4. The van der Waals surface area contributed by atoms with E-state index in [0.717, 1.165) is 69.7 Å². The minimum Gasteiger partial charge on any atom is -0.508 e. The van der Waals surface area contributed by atoms with Gasteiger partial charge in [-0.3, -0.25) is 14.4 Å². The topological polar surface area (TPSA) is 70.6 Å². The first-order valence-corrected chi connectivity index (χ1v) is 13.2. The number of hydrogen-bond acceptors (Lipinski definition) is 5. The van der Waals surface area contributed by atoms with E-state index >= 15 is 0 Å². The Hall–Kier alpha value is -3.84. The van der Waals surface area contributed by atoms with Crippen molar-refractivity contribution >= 4 is 22.0 Å². The predicted molar refractivity (Wildman–Crippen MR) is 147 cm³/mol. The van der Waals surface area contributed by atoms with Gasteiger partial charge in [-0.05, 0) is 79.9 Å². The number of phenols is 1. The highest BCUT2D eigenvalue weighted by Gasteiger charge is 2.31. The van der Waals surface area contributed by atoms with Crippen LogP contribution in [0.15, 0.2) is 66.9 Å². The number of fused-ring (bicyclic) bond motifs is 3. The second-order valence-corrected chi connectivity index (χ2v) is 10.4. The molecule has 0 radical (unpaired) electrons. The first-order valence-electron chi connectivity index (χ1n) is 13.2. The largest absolute Gasteiger partial charge is 0.508 e. The monoisotopic (exact) mass is 513 g/mol. The Morgan fingerprint density at radius 2 is 2.03 bits per heavy atom. The normalized spacial score (nSPS) is 20.4. The molecule has 0 amide bonds. The van der Waals surface area contributed by atoms with E-state index in [4.69, 9.17) is 9.47 Å². The second-order valence-electron chi connectivity index (χ2n) is 10.4. The maximum atomic E-state index is 13.0. The Balaban J connectivity index is 1.29. The van der Waals surface area contributed by atoms with Crippen molar-refractivity contribution in [3.05, 3.63) is 83.6 Å². The van der Waals surface area contributed by atoms with Crippen LogP contribution in [0.25, 0.3) is 22.0 Å². The molecule has 1 unspecified atom stereocenters. The third-order valence-electron chi connectivity index (χ3n) is 7.87. The van der Waals surface area contributed by atoms with E-state index in [1.165, 1.54) is 0 Å². The molecule has 38 heavy (non-hydrogen) atoms. The highest BCUT2D eigenvalue weighted by molar-refractivity contribution is 6.00. The summed E-state index contributed by atoms with van der Waals surface area (Å²) < 4.78 is 25.8. The van der Waals surface area contributed by atoms with Gasteiger partial charge in [-0.2, -0.15) is 5.10 Å². The standard InChI is InChI=1S/C31H32FN3O3/c1-19(35-13-12-21(15-32)17-35)18-37-25-8-6-22(7-9-25)30-29(23-4-3-5-24(36)14-23)20(2)26-10-11-28-27(16-33-34-28)31(26)38-30/h3-11,14,16,19,21,30,36H,12-13,15,17-18H2,1-2H3,(H,33,34)/t19-,21-,30?/m0/s1. The lowest BCUT2D eigenvalue weighted by atomic mass is 9.85. The summed E-state index contributed by atoms with van der Waals surface area (Å²) >= 11 is 0. The zero-order valence-electron chi connectivity index (χ0n) is 21.7. The van der Waals surface area contributed by atoms with Crippen LogP contribution >= 0.6 is 0 Å². The summed E-state index contributed by atoms with van der Waals surface area (Å²) in [6.45, 7) is 6.26. The highest BCUT2D eigenvalue weighted by atomic mass is 19.1. The van der Waals surface area contributed by atoms with Gasteiger partial charge in [0, 0.05) is 29.6 Å². The number of aromatic nitrogens is 2. The SMILES string of the molecule is CC1=C(c2cccc(O)c2)C(c2ccc(OC[C@H](C)N3CC[C@@H](CF)C3)cc2)Oc2c1ccc1[nH]ncc21. The molecule has 2 aliphatic heterocycles. The molecule has 3 heterocycles. The maximum Gasteiger partial charge on any atom is 0.150 e. The number of halogens is 1. The molecular formula is C31H32FN3O3. The van der Waals surface area contributed by atoms with Crippen LogP contribution in [0.3, 0.4) is 0 Å². The number of rotatable bonds is 7. The van der Waals surface area contributed by atoms with Gasteiger partial charge in [-0.15, -0.1) is 0 Å². The number of allylic oxidation sites excluding steroid dienone is 1. The molecule has 2 aliphatic rings. The lowest BCUT2D eigenvalue weighted by Crippen LogP contribution is -2.35. The van der Waals surface area contributed by atoms with Crippen LogP contribution in [0, 0.1) is 5.92 Å². The fourth-order valence-electron chi connectivity index (χ4n) is 5.66. The van der Waals surface area contributed by atoms with Gasteiger partial charge in [0.15, 0.2) is 0 Å². The van der Waals surface area contributed by atoms with Gasteiger partial charge in [0.2, 0.25) is 0 Å². The Morgan fingerprint density at radius 1 is 1.18 bits per heavy atom. The third-order valence-corrected chi connectivity index (χ3v) is 7.87. The van der Waals surface area contributed by atoms with Crippen LogP contribution in [0.4, 0.5) is 4.39 Å². The van der Waals surface area contributed by atoms with E-state index in [1.54, 1.807) is 18.3 Å². The fourth-order valence-corrected chi connectivity index (χ4v) is 5.66. The van der Waals surface area contributed by atoms with Crippen molar-refractivity contribution in [2.75, 3.05) is 26.4 Å². The Bertz CT molecular complexity index is 1480. The number of phenolic OH excluding ortho intramolecular Hbond substituents is 1. The van der Waals surface area contributed by atoms with Gasteiger partial charge in [0.05, 0.1) is 23.8 Å². The van der Waals surface area contributed by atoms with Gasteiger partial charge < -0.3 is 14.6 Å². The first-order chi connectivity index (χ1) is 18.5. The van der Waals surface area contributed by atoms with E-state index in [2.05, 4.69) is 35.0 Å². The molecule has 1 saturated heterocycles. The van der Waals surface area contributed by atoms with Crippen molar-refractivity contribution in [3.8, 4) is 17.2 Å². The average molecular weight is 514 g/mol. The van der Waals surface area contributed by atoms with Crippen molar-refractivity contribution in [3.63, 3.8) is 0 Å². The molecule has 2 N–H and O–H groups in total. The number of likely N-dealkylation sites (tertiary alicyclic amines) is 1. The van der Waals surface area contributed by atoms with Crippen molar-refractivity contribution in [1.82, 2.24) is 15.1 Å². The smallest absolute Gasteiger partial charge is 0.150 e. The first kappa shape index (κ1) is 24.5. The quantitative estimate of drug-likeness (QED) is 0.300. The molecule has 6 nitrogen and oxygen atoms in total. The van der Waals surface area contributed by atoms with Crippen molar-refractivity contribution in [2.45, 2.75) is 32.4 Å². The Kier molecular flexibility index (Phi) is 6.54. The zero-order valence-corrected chi connectivity index (χ0v) is 21.7. The number of aromatic amines is 1. The highest BCUT2D eigenvalue weighted by Crippen LogP contribution is 2.49. The lowest BCUT2D eigenvalue weighted by Gasteiger charge is -2.31. The number of hydrogen-bond donors (Lipinski definition) is 2. The number of nitrogens with one attached hydrogen (secondary N) is 1. The van der Waals surface area contributed by atoms with Gasteiger partial charge in [-0.1, -0.05) is 24.3 Å². The van der Waals surface area contributed by atoms with E-state index in [1.807, 2.05) is 42.5 Å². The van der Waals surface area contributed by atoms with Crippen molar-refractivity contribution < 1.29 is 19.0 Å². The number of ether oxygens (including phenoxy) is 2. The number of aromatic hydroxyl groups is 1. The molecule has 0 bridgehead atoms. The van der Waals surface area contributed by atoms with Crippen LogP contribution in [0.1, 0.15) is 43.1 Å². The van der Waals surface area contributed by atoms with Crippen molar-refractivity contribution in [2.24, 2.45) is 5.92 Å². The molecule has 0 saturated carbocycles. The molecular weight excluding hydrogens is 481 g/mol. The minimum atomic E-state index is -0.375. The summed E-state index contributed by atoms with van der Waals surface area (Å²) in [5.74, 6) is 1.95. The number of benzene rings is 3. The maximum absolute atomic E-state index is 13.0. The fraction of sp³-hybridized carbons (Fsp3) is 0.323. The summed E-state index contributed by atoms with van der Waals surface area (Å²) in [6.07, 6.45) is 2.34. The van der Waals surface area contributed by atoms with Crippen LogP contribution < -0.4 is 9.47 Å². The van der Waals surface area contributed by atoms with E-state index in [0.29, 0.717) is 6.61 Å². The molecule has 3 aromatic carbocycles. The Labute approximate surface area is 221 Å². The molecule has 0 spiro atoms. The summed E-state index contributed by atoms with van der Waals surface area (Å²) in [4.78, 5) is 2.30. The molecule has 7 heteroatoms. The van der Waals surface area contributed by atoms with Gasteiger partial charge in [0.1, 0.15) is 30.0 Å². The molecule has 1 fully saturated rings. The predicted octanol–water partition coefficient (Wildman–Crippen LogP) is 6.39. The zero-order chi connectivity index (χ0) is 26.2. The van der Waals surface area contributed by atoms with Crippen LogP contribution in [-0.4, -0.2) is 52.6 Å². The van der Waals surface area contributed by atoms with E-state index < -0.39 is 0 Å². The molecule has 6 rings (SSSR count). The summed E-state index contributed by atoms with van der Waals surface area (Å²) in [6, 6.07) is 19.6. The van der Waals surface area contributed by atoms with Gasteiger partial charge in [-0.25, -0.2) is 0 Å². The van der Waals surface area contributed by atoms with Gasteiger partial charge >= 0.3 is 0 Å². The lowest BCUT2D eigenvalue weighted by molar-refractivity contribution is 0.165. The number of H-pyrrole nitrogens is 1. The molecule has 3 atom stereocenters. The van der Waals surface area contributed by atoms with Gasteiger partial charge in [0.25, 0.3) is 0 Å². The number of nitrogens with zero attached hydrogens (tertiary/aromatic N) is 2. The van der Waals surface area contributed by atoms with E-state index in [-0.39, 0.29) is 30.5 Å². The van der Waals surface area contributed by atoms with Crippen molar-refractivity contribution in [1.29, 1.82) is 0 Å². The summed E-state index contributed by atoms with van der Waals surface area (Å²) in [5.41, 5.74) is 5.94. The molecule has 0 aliphatic carbocycles. The molecule has 4 aromatic rings. The van der Waals surface area contributed by atoms with Crippen LogP contribution in [0.5, 0.6) is 17.2 Å². The number of alkyl halides is 1. The minimum absolute atomic E-state index is 0.151. The second kappa shape index (κ2) is 10.1. The third kappa shape index (κ3) is 4.52. The molecule has 1 aromatic heterocycles. The van der Waals surface area contributed by atoms with Crippen LogP contribution in [-0.2, 0) is 0 Å².